The maximum Gasteiger partial charge on any atom is 0.267 e. The van der Waals surface area contributed by atoms with Crippen LogP contribution >= 0.6 is 0 Å². The van der Waals surface area contributed by atoms with Gasteiger partial charge in [-0.1, -0.05) is 24.3 Å². The number of nitrogens with zero attached hydrogens (tertiary/aromatic N) is 1. The summed E-state index contributed by atoms with van der Waals surface area (Å²) >= 11 is 0. The van der Waals surface area contributed by atoms with E-state index in [1.54, 1.807) is 42.5 Å². The molecule has 0 unspecified atom stereocenters. The molecule has 5 rings (SSSR count). The van der Waals surface area contributed by atoms with Gasteiger partial charge in [0, 0.05) is 23.4 Å². The fourth-order valence-corrected chi connectivity index (χ4v) is 4.51. The monoisotopic (exact) mass is 456 g/mol. The largest absolute Gasteiger partial charge is 0.506 e. The minimum atomic E-state index is -0.437. The van der Waals surface area contributed by atoms with Gasteiger partial charge in [0.2, 0.25) is 5.91 Å². The Labute approximate surface area is 194 Å². The molecule has 34 heavy (non-hydrogen) atoms. The molecule has 0 saturated carbocycles. The summed E-state index contributed by atoms with van der Waals surface area (Å²) in [5, 5.41) is 13.4. The van der Waals surface area contributed by atoms with Crippen LogP contribution in [0.15, 0.2) is 59.4 Å². The van der Waals surface area contributed by atoms with Crippen molar-refractivity contribution in [1.82, 2.24) is 4.57 Å². The SMILES string of the molecule is COc1ccc2c3c(n(-c4ccc(O)c(NC(C)=O)c4)c(=O)c2c1OC)-c1ccccc1C3=O. The molecule has 0 aliphatic heterocycles. The normalized spacial score (nSPS) is 11.8. The smallest absolute Gasteiger partial charge is 0.267 e. The van der Waals surface area contributed by atoms with Gasteiger partial charge < -0.3 is 19.9 Å². The Morgan fingerprint density at radius 1 is 0.971 bits per heavy atom. The first kappa shape index (κ1) is 21.3. The van der Waals surface area contributed by atoms with Crippen molar-refractivity contribution in [2.75, 3.05) is 19.5 Å². The molecular formula is C26H20N2O6. The highest BCUT2D eigenvalue weighted by Gasteiger charge is 2.34. The van der Waals surface area contributed by atoms with Gasteiger partial charge in [0.25, 0.3) is 5.56 Å². The Morgan fingerprint density at radius 3 is 2.38 bits per heavy atom. The molecule has 170 valence electrons. The number of fused-ring (bicyclic) bond motifs is 5. The summed E-state index contributed by atoms with van der Waals surface area (Å²) in [5.74, 6) is -0.176. The van der Waals surface area contributed by atoms with Crippen LogP contribution < -0.4 is 20.3 Å². The molecule has 8 nitrogen and oxygen atoms in total. The van der Waals surface area contributed by atoms with Gasteiger partial charge in [0.05, 0.1) is 42.2 Å². The summed E-state index contributed by atoms with van der Waals surface area (Å²) in [5.41, 5.74) is 1.96. The summed E-state index contributed by atoms with van der Waals surface area (Å²) in [6.07, 6.45) is 0. The lowest BCUT2D eigenvalue weighted by Crippen LogP contribution is -2.22. The minimum absolute atomic E-state index is 0.140. The molecule has 0 bridgehead atoms. The van der Waals surface area contributed by atoms with E-state index in [0.717, 1.165) is 0 Å². The van der Waals surface area contributed by atoms with Crippen molar-refractivity contribution >= 4 is 28.2 Å². The van der Waals surface area contributed by atoms with Crippen LogP contribution in [0, 0.1) is 0 Å². The number of pyridine rings is 1. The van der Waals surface area contributed by atoms with Gasteiger partial charge >= 0.3 is 0 Å². The third-order valence-electron chi connectivity index (χ3n) is 5.90. The van der Waals surface area contributed by atoms with E-state index in [-0.39, 0.29) is 34.3 Å². The van der Waals surface area contributed by atoms with Gasteiger partial charge in [0.15, 0.2) is 17.3 Å². The lowest BCUT2D eigenvalue weighted by Gasteiger charge is -2.18. The lowest BCUT2D eigenvalue weighted by atomic mass is 10.0. The predicted octanol–water partition coefficient (Wildman–Crippen LogP) is 3.88. The molecule has 8 heteroatoms. The summed E-state index contributed by atoms with van der Waals surface area (Å²) < 4.78 is 12.3. The molecule has 0 radical (unpaired) electrons. The van der Waals surface area contributed by atoms with E-state index in [9.17, 15) is 19.5 Å². The summed E-state index contributed by atoms with van der Waals surface area (Å²) in [6.45, 7) is 1.32. The third-order valence-corrected chi connectivity index (χ3v) is 5.90. The van der Waals surface area contributed by atoms with Crippen LogP contribution in [0.3, 0.4) is 0 Å². The van der Waals surface area contributed by atoms with E-state index >= 15 is 0 Å². The number of rotatable bonds is 4. The number of aromatic nitrogens is 1. The van der Waals surface area contributed by atoms with Crippen LogP contribution in [-0.4, -0.2) is 35.6 Å². The zero-order valence-electron chi connectivity index (χ0n) is 18.6. The average Bonchev–Trinajstić information content (AvgIpc) is 3.12. The third kappa shape index (κ3) is 2.96. The van der Waals surface area contributed by atoms with Gasteiger partial charge in [-0.15, -0.1) is 0 Å². The van der Waals surface area contributed by atoms with Crippen LogP contribution in [0.25, 0.3) is 27.7 Å². The van der Waals surface area contributed by atoms with Crippen molar-refractivity contribution < 1.29 is 24.2 Å². The number of ether oxygens (including phenoxy) is 2. The predicted molar refractivity (Wildman–Crippen MR) is 127 cm³/mol. The number of phenols is 1. The Kier molecular flexibility index (Phi) is 4.86. The fraction of sp³-hybridized carbons (Fsp3) is 0.115. The van der Waals surface area contributed by atoms with Crippen LogP contribution in [0.2, 0.25) is 0 Å². The zero-order chi connectivity index (χ0) is 24.1. The number of carbonyl (C=O) groups excluding carboxylic acids is 2. The number of methoxy groups -OCH3 is 2. The molecule has 3 aromatic carbocycles. The van der Waals surface area contributed by atoms with E-state index in [4.69, 9.17) is 9.47 Å². The molecule has 2 N–H and O–H groups in total. The second-order valence-electron chi connectivity index (χ2n) is 7.85. The summed E-state index contributed by atoms with van der Waals surface area (Å²) in [4.78, 5) is 39.2. The maximum atomic E-state index is 14.0. The van der Waals surface area contributed by atoms with Gasteiger partial charge in [0.1, 0.15) is 5.75 Å². The number of amides is 1. The van der Waals surface area contributed by atoms with E-state index in [0.29, 0.717) is 39.2 Å². The van der Waals surface area contributed by atoms with Gasteiger partial charge in [-0.05, 0) is 30.3 Å². The maximum absolute atomic E-state index is 14.0. The molecular weight excluding hydrogens is 436 g/mol. The number of ketones is 1. The van der Waals surface area contributed by atoms with E-state index < -0.39 is 5.56 Å². The Balaban J connectivity index is 1.97. The van der Waals surface area contributed by atoms with Crippen molar-refractivity contribution in [2.24, 2.45) is 0 Å². The number of anilines is 1. The summed E-state index contributed by atoms with van der Waals surface area (Å²) in [7, 11) is 2.90. The number of hydrogen-bond acceptors (Lipinski definition) is 6. The molecule has 1 aliphatic carbocycles. The molecule has 1 aromatic heterocycles. The second kappa shape index (κ2) is 7.77. The van der Waals surface area contributed by atoms with E-state index in [1.165, 1.54) is 37.8 Å². The van der Waals surface area contributed by atoms with Gasteiger partial charge in [-0.3, -0.25) is 19.0 Å². The average molecular weight is 456 g/mol. The second-order valence-corrected chi connectivity index (χ2v) is 7.85. The first-order chi connectivity index (χ1) is 16.4. The van der Waals surface area contributed by atoms with Crippen LogP contribution in [0.4, 0.5) is 5.69 Å². The van der Waals surface area contributed by atoms with Crippen LogP contribution in [-0.2, 0) is 4.79 Å². The number of nitrogens with one attached hydrogen (secondary N) is 1. The first-order valence-electron chi connectivity index (χ1n) is 10.5. The van der Waals surface area contributed by atoms with E-state index in [1.807, 2.05) is 0 Å². The Morgan fingerprint density at radius 2 is 1.71 bits per heavy atom. The van der Waals surface area contributed by atoms with Crippen LogP contribution in [0.5, 0.6) is 17.2 Å². The van der Waals surface area contributed by atoms with Gasteiger partial charge in [-0.25, -0.2) is 0 Å². The van der Waals surface area contributed by atoms with Crippen molar-refractivity contribution in [1.29, 1.82) is 0 Å². The standard InChI is InChI=1S/C26H20N2O6/c1-13(29)27-18-12-14(8-10-19(18)30)28-23-15-6-4-5-7-16(15)24(31)21(23)17-9-11-20(33-2)25(34-3)22(17)26(28)32/h4-12,30H,1-3H3,(H,27,29). The lowest BCUT2D eigenvalue weighted by molar-refractivity contribution is -0.114. The zero-order valence-corrected chi connectivity index (χ0v) is 18.6. The Bertz CT molecular complexity index is 1590. The molecule has 0 atom stereocenters. The Hall–Kier alpha value is -4.59. The number of hydrogen-bond donors (Lipinski definition) is 2. The fourth-order valence-electron chi connectivity index (χ4n) is 4.51. The van der Waals surface area contributed by atoms with E-state index in [2.05, 4.69) is 5.32 Å². The minimum Gasteiger partial charge on any atom is -0.506 e. The van der Waals surface area contributed by atoms with Crippen molar-refractivity contribution in [3.8, 4) is 34.2 Å². The molecule has 1 aliphatic rings. The number of carbonyl (C=O) groups is 2. The summed E-state index contributed by atoms with van der Waals surface area (Å²) in [6, 6.07) is 14.8. The van der Waals surface area contributed by atoms with Crippen molar-refractivity contribution in [2.45, 2.75) is 6.92 Å². The van der Waals surface area contributed by atoms with Crippen molar-refractivity contribution in [3.63, 3.8) is 0 Å². The molecule has 4 aromatic rings. The first-order valence-corrected chi connectivity index (χ1v) is 10.5. The number of benzene rings is 3. The van der Waals surface area contributed by atoms with Gasteiger partial charge in [-0.2, -0.15) is 0 Å². The molecule has 0 spiro atoms. The number of aromatic hydroxyl groups is 1. The highest BCUT2D eigenvalue weighted by molar-refractivity contribution is 6.27. The number of phenolic OH excluding ortho intramolecular Hbond substituents is 1. The van der Waals surface area contributed by atoms with Crippen LogP contribution in [0.1, 0.15) is 22.8 Å². The highest BCUT2D eigenvalue weighted by Crippen LogP contribution is 2.44. The molecule has 0 fully saturated rings. The molecule has 1 heterocycles. The highest BCUT2D eigenvalue weighted by atomic mass is 16.5. The quantitative estimate of drug-likeness (QED) is 0.398. The molecule has 1 amide bonds. The van der Waals surface area contributed by atoms with Crippen molar-refractivity contribution in [3.05, 3.63) is 76.1 Å². The topological polar surface area (TPSA) is 107 Å². The molecule has 0 saturated heterocycles.